The molecule has 0 unspecified atom stereocenters. The largest absolute Gasteiger partial charge is 0.307 e. The van der Waals surface area contributed by atoms with Gasteiger partial charge >= 0.3 is 0 Å². The summed E-state index contributed by atoms with van der Waals surface area (Å²) in [6.45, 7) is 0. The lowest BCUT2D eigenvalue weighted by molar-refractivity contribution is 1.15. The van der Waals surface area contributed by atoms with Crippen LogP contribution in [0.5, 0.6) is 0 Å². The van der Waals surface area contributed by atoms with Crippen molar-refractivity contribution in [3.8, 4) is 22.5 Å². The van der Waals surface area contributed by atoms with E-state index in [4.69, 9.17) is 4.98 Å². The van der Waals surface area contributed by atoms with E-state index in [0.29, 0.717) is 0 Å². The highest BCUT2D eigenvalue weighted by Gasteiger charge is 2.21. The van der Waals surface area contributed by atoms with Crippen LogP contribution < -0.4 is 0 Å². The van der Waals surface area contributed by atoms with Gasteiger partial charge in [-0.1, -0.05) is 97.1 Å². The Hall–Kier alpha value is -5.15. The predicted octanol–water partition coefficient (Wildman–Crippen LogP) is 8.94. The van der Waals surface area contributed by atoms with E-state index in [1.807, 2.05) is 0 Å². The molecule has 0 saturated carbocycles. The Morgan fingerprint density at radius 3 is 1.79 bits per heavy atom. The van der Waals surface area contributed by atoms with Crippen molar-refractivity contribution >= 4 is 43.7 Å². The molecule has 0 aliphatic rings. The van der Waals surface area contributed by atoms with Crippen LogP contribution in [0.3, 0.4) is 0 Å². The number of hydrogen-bond acceptors (Lipinski definition) is 1. The highest BCUT2D eigenvalue weighted by Crippen LogP contribution is 2.40. The minimum absolute atomic E-state index is 1.01. The first-order chi connectivity index (χ1) is 18.9. The molecule has 0 saturated heterocycles. The third-order valence-electron chi connectivity index (χ3n) is 7.53. The van der Waals surface area contributed by atoms with Crippen molar-refractivity contribution in [1.29, 1.82) is 0 Å². The molecule has 8 aromatic rings. The Bertz CT molecular complexity index is 2120. The molecular formula is C35H23N3. The summed E-state index contributed by atoms with van der Waals surface area (Å²) in [6.07, 6.45) is 2.05. The van der Waals surface area contributed by atoms with Crippen LogP contribution >= 0.6 is 0 Å². The topological polar surface area (TPSA) is 22.8 Å². The van der Waals surface area contributed by atoms with E-state index in [9.17, 15) is 0 Å². The van der Waals surface area contributed by atoms with Gasteiger partial charge in [-0.15, -0.1) is 0 Å². The second-order valence-corrected chi connectivity index (χ2v) is 9.67. The Morgan fingerprint density at radius 1 is 0.421 bits per heavy atom. The maximum atomic E-state index is 5.07. The summed E-state index contributed by atoms with van der Waals surface area (Å²) >= 11 is 0. The minimum Gasteiger partial charge on any atom is -0.307 e. The molecule has 178 valence electrons. The van der Waals surface area contributed by atoms with Gasteiger partial charge in [0.15, 0.2) is 0 Å². The fourth-order valence-corrected chi connectivity index (χ4v) is 5.90. The molecule has 0 bridgehead atoms. The number of rotatable bonds is 3. The third kappa shape index (κ3) is 2.99. The van der Waals surface area contributed by atoms with E-state index in [-0.39, 0.29) is 0 Å². The van der Waals surface area contributed by atoms with Crippen LogP contribution in [-0.2, 0) is 0 Å². The van der Waals surface area contributed by atoms with E-state index in [1.165, 1.54) is 27.5 Å². The van der Waals surface area contributed by atoms with E-state index in [2.05, 4.69) is 149 Å². The normalized spacial score (nSPS) is 11.7. The van der Waals surface area contributed by atoms with Gasteiger partial charge in [0.2, 0.25) is 0 Å². The highest BCUT2D eigenvalue weighted by molar-refractivity contribution is 6.22. The first-order valence-corrected chi connectivity index (χ1v) is 12.9. The van der Waals surface area contributed by atoms with Crippen LogP contribution in [0, 0.1) is 0 Å². The molecule has 3 heteroatoms. The summed E-state index contributed by atoms with van der Waals surface area (Å²) in [6, 6.07) is 47.3. The first-order valence-electron chi connectivity index (χ1n) is 12.9. The molecule has 0 spiro atoms. The number of nitrogens with zero attached hydrogens (tertiary/aromatic N) is 3. The number of para-hydroxylation sites is 3. The van der Waals surface area contributed by atoms with Crippen LogP contribution in [0.2, 0.25) is 0 Å². The summed E-state index contributed by atoms with van der Waals surface area (Å²) in [5.41, 5.74) is 10.3. The summed E-state index contributed by atoms with van der Waals surface area (Å²) in [5.74, 6) is 0. The number of benzene rings is 5. The molecule has 0 aliphatic heterocycles. The molecule has 0 N–H and O–H groups in total. The quantitative estimate of drug-likeness (QED) is 0.245. The smallest absolute Gasteiger partial charge is 0.0985 e. The van der Waals surface area contributed by atoms with Gasteiger partial charge in [0.05, 0.1) is 27.6 Å². The second kappa shape index (κ2) is 8.19. The fraction of sp³-hybridized carbons (Fsp3) is 0. The second-order valence-electron chi connectivity index (χ2n) is 9.67. The first kappa shape index (κ1) is 21.0. The molecule has 0 radical (unpaired) electrons. The predicted molar refractivity (Wildman–Crippen MR) is 158 cm³/mol. The van der Waals surface area contributed by atoms with Crippen molar-refractivity contribution < 1.29 is 0 Å². The monoisotopic (exact) mass is 485 g/mol. The SMILES string of the molecule is c1ccc(-c2cccc(-n3c4ccccc4c4cnc5c6ccccc6n(-c6ccccc6)c5c43)c2)cc1. The van der Waals surface area contributed by atoms with Gasteiger partial charge in [0, 0.05) is 33.7 Å². The summed E-state index contributed by atoms with van der Waals surface area (Å²) in [5, 5.41) is 3.51. The van der Waals surface area contributed by atoms with Crippen LogP contribution in [0.15, 0.2) is 140 Å². The van der Waals surface area contributed by atoms with Crippen LogP contribution in [0.1, 0.15) is 0 Å². The van der Waals surface area contributed by atoms with Crippen LogP contribution in [0.4, 0.5) is 0 Å². The molecule has 8 rings (SSSR count). The van der Waals surface area contributed by atoms with E-state index in [0.717, 1.165) is 38.7 Å². The van der Waals surface area contributed by atoms with Gasteiger partial charge in [0.25, 0.3) is 0 Å². The lowest BCUT2D eigenvalue weighted by Crippen LogP contribution is -1.99. The zero-order chi connectivity index (χ0) is 25.1. The lowest BCUT2D eigenvalue weighted by Gasteiger charge is -2.13. The number of aromatic nitrogens is 3. The molecule has 0 fully saturated rings. The van der Waals surface area contributed by atoms with E-state index < -0.39 is 0 Å². The molecule has 5 aromatic carbocycles. The van der Waals surface area contributed by atoms with Crippen molar-refractivity contribution in [2.75, 3.05) is 0 Å². The van der Waals surface area contributed by atoms with E-state index in [1.54, 1.807) is 0 Å². The standard InChI is InChI=1S/C35H23N3/c1-3-12-24(13-4-1)25-14-11-17-27(22-25)38-31-20-9-7-18-28(31)30-23-36-33-29-19-8-10-21-32(29)37(35(33)34(30)38)26-15-5-2-6-16-26/h1-23H. The summed E-state index contributed by atoms with van der Waals surface area (Å²) < 4.78 is 4.79. The molecule has 3 aromatic heterocycles. The van der Waals surface area contributed by atoms with Crippen LogP contribution in [0.25, 0.3) is 66.2 Å². The molecule has 0 amide bonds. The van der Waals surface area contributed by atoms with Gasteiger partial charge in [-0.3, -0.25) is 4.98 Å². The zero-order valence-electron chi connectivity index (χ0n) is 20.6. The molecule has 38 heavy (non-hydrogen) atoms. The Balaban J connectivity index is 1.57. The molecule has 0 aliphatic carbocycles. The average Bonchev–Trinajstić information content (AvgIpc) is 3.51. The van der Waals surface area contributed by atoms with Gasteiger partial charge in [-0.2, -0.15) is 0 Å². The zero-order valence-corrected chi connectivity index (χ0v) is 20.6. The van der Waals surface area contributed by atoms with Crippen LogP contribution in [-0.4, -0.2) is 14.1 Å². The Morgan fingerprint density at radius 2 is 1.00 bits per heavy atom. The number of hydrogen-bond donors (Lipinski definition) is 0. The Labute approximate surface area is 219 Å². The summed E-state index contributed by atoms with van der Waals surface area (Å²) in [4.78, 5) is 5.07. The van der Waals surface area contributed by atoms with Crippen molar-refractivity contribution in [2.24, 2.45) is 0 Å². The fourth-order valence-electron chi connectivity index (χ4n) is 5.90. The van der Waals surface area contributed by atoms with Crippen molar-refractivity contribution in [1.82, 2.24) is 14.1 Å². The highest BCUT2D eigenvalue weighted by atomic mass is 15.1. The van der Waals surface area contributed by atoms with Crippen molar-refractivity contribution in [3.63, 3.8) is 0 Å². The third-order valence-corrected chi connectivity index (χ3v) is 7.53. The average molecular weight is 486 g/mol. The Kier molecular flexibility index (Phi) is 4.52. The van der Waals surface area contributed by atoms with Gasteiger partial charge in [0.1, 0.15) is 0 Å². The van der Waals surface area contributed by atoms with E-state index >= 15 is 0 Å². The van der Waals surface area contributed by atoms with Gasteiger partial charge in [-0.05, 0) is 47.5 Å². The maximum Gasteiger partial charge on any atom is 0.0985 e. The molecular weight excluding hydrogens is 462 g/mol. The molecule has 0 atom stereocenters. The van der Waals surface area contributed by atoms with Gasteiger partial charge < -0.3 is 9.13 Å². The number of fused-ring (bicyclic) bond motifs is 7. The molecule has 3 heterocycles. The summed E-state index contributed by atoms with van der Waals surface area (Å²) in [7, 11) is 0. The molecule has 3 nitrogen and oxygen atoms in total. The number of pyridine rings is 1. The lowest BCUT2D eigenvalue weighted by atomic mass is 10.1. The van der Waals surface area contributed by atoms with Crippen molar-refractivity contribution in [2.45, 2.75) is 0 Å². The maximum absolute atomic E-state index is 5.07. The van der Waals surface area contributed by atoms with Crippen molar-refractivity contribution in [3.05, 3.63) is 140 Å². The van der Waals surface area contributed by atoms with Gasteiger partial charge in [-0.25, -0.2) is 0 Å². The minimum atomic E-state index is 1.01.